The van der Waals surface area contributed by atoms with Gasteiger partial charge < -0.3 is 10.1 Å². The molecular formula is C24H19N5O3S4. The number of anilines is 1. The summed E-state index contributed by atoms with van der Waals surface area (Å²) in [6.07, 6.45) is 1.62. The summed E-state index contributed by atoms with van der Waals surface area (Å²) in [6, 6.07) is 15.0. The molecule has 0 aliphatic heterocycles. The monoisotopic (exact) mass is 553 g/mol. The van der Waals surface area contributed by atoms with E-state index < -0.39 is 0 Å². The number of aromatic nitrogens is 4. The minimum atomic E-state index is -0.282. The molecule has 5 rings (SSSR count). The number of ether oxygens (including phenoxy) is 1. The summed E-state index contributed by atoms with van der Waals surface area (Å²) in [4.78, 5) is 35.5. The van der Waals surface area contributed by atoms with Crippen molar-refractivity contribution in [1.82, 2.24) is 19.1 Å². The Morgan fingerprint density at radius 3 is 2.61 bits per heavy atom. The zero-order valence-electron chi connectivity index (χ0n) is 19.1. The fourth-order valence-corrected chi connectivity index (χ4v) is 6.29. The summed E-state index contributed by atoms with van der Waals surface area (Å²) >= 11 is 9.37. The molecule has 0 fully saturated rings. The molecule has 12 heteroatoms. The van der Waals surface area contributed by atoms with Crippen LogP contribution in [-0.2, 0) is 4.79 Å². The van der Waals surface area contributed by atoms with Gasteiger partial charge in [0.15, 0.2) is 19.9 Å². The first-order valence-corrected chi connectivity index (χ1v) is 13.8. The molecule has 8 nitrogen and oxygen atoms in total. The van der Waals surface area contributed by atoms with E-state index in [1.54, 1.807) is 30.8 Å². The average molecular weight is 554 g/mol. The van der Waals surface area contributed by atoms with Crippen LogP contribution in [0.3, 0.4) is 0 Å². The van der Waals surface area contributed by atoms with Gasteiger partial charge in [0.2, 0.25) is 5.91 Å². The number of aryl methyl sites for hydroxylation is 1. The Morgan fingerprint density at radius 1 is 1.14 bits per heavy atom. The average Bonchev–Trinajstić information content (AvgIpc) is 3.50. The van der Waals surface area contributed by atoms with E-state index in [-0.39, 0.29) is 17.2 Å². The van der Waals surface area contributed by atoms with Gasteiger partial charge in [0.25, 0.3) is 5.56 Å². The molecule has 36 heavy (non-hydrogen) atoms. The molecule has 0 bridgehead atoms. The molecule has 0 saturated carbocycles. The Balaban J connectivity index is 1.68. The maximum atomic E-state index is 13.9. The van der Waals surface area contributed by atoms with E-state index >= 15 is 0 Å². The first kappa shape index (κ1) is 24.4. The van der Waals surface area contributed by atoms with Crippen LogP contribution in [0.1, 0.15) is 5.56 Å². The SMILES string of the molecule is COc1ccccc1-n1c(SCC(=O)Nc2nccs2)nc2c(sc(=S)n2-c2ccccc2C)c1=O. The van der Waals surface area contributed by atoms with E-state index in [2.05, 4.69) is 10.3 Å². The van der Waals surface area contributed by atoms with E-state index in [0.29, 0.717) is 36.0 Å². The number of amides is 1. The molecule has 0 radical (unpaired) electrons. The van der Waals surface area contributed by atoms with Crippen molar-refractivity contribution >= 4 is 68.0 Å². The molecule has 1 N–H and O–H groups in total. The number of carbonyl (C=O) groups excluding carboxylic acids is 1. The molecule has 0 spiro atoms. The summed E-state index contributed by atoms with van der Waals surface area (Å²) in [5.41, 5.74) is 2.56. The van der Waals surface area contributed by atoms with Crippen molar-refractivity contribution in [2.75, 3.05) is 18.2 Å². The van der Waals surface area contributed by atoms with Crippen LogP contribution in [-0.4, -0.2) is 37.9 Å². The Kier molecular flexibility index (Phi) is 7.01. The second kappa shape index (κ2) is 10.3. The van der Waals surface area contributed by atoms with Gasteiger partial charge in [0.1, 0.15) is 10.4 Å². The fourth-order valence-electron chi connectivity index (χ4n) is 3.66. The van der Waals surface area contributed by atoms with Crippen LogP contribution >= 0.6 is 46.7 Å². The van der Waals surface area contributed by atoms with E-state index in [0.717, 1.165) is 23.0 Å². The highest BCUT2D eigenvalue weighted by molar-refractivity contribution is 7.99. The van der Waals surface area contributed by atoms with Crippen LogP contribution in [0.5, 0.6) is 5.75 Å². The predicted molar refractivity (Wildman–Crippen MR) is 148 cm³/mol. The topological polar surface area (TPSA) is 91.0 Å². The van der Waals surface area contributed by atoms with Crippen molar-refractivity contribution < 1.29 is 9.53 Å². The van der Waals surface area contributed by atoms with Crippen molar-refractivity contribution in [2.45, 2.75) is 12.1 Å². The minimum absolute atomic E-state index is 0.0297. The molecule has 0 aliphatic carbocycles. The molecule has 3 aromatic heterocycles. The smallest absolute Gasteiger partial charge is 0.278 e. The Morgan fingerprint density at radius 2 is 1.89 bits per heavy atom. The molecule has 0 unspecified atom stereocenters. The minimum Gasteiger partial charge on any atom is -0.495 e. The number of para-hydroxylation sites is 3. The normalized spacial score (nSPS) is 11.1. The number of nitrogens with one attached hydrogen (secondary N) is 1. The number of thiazole rings is 2. The van der Waals surface area contributed by atoms with Gasteiger partial charge in [0, 0.05) is 11.6 Å². The van der Waals surface area contributed by atoms with Gasteiger partial charge >= 0.3 is 0 Å². The summed E-state index contributed by atoms with van der Waals surface area (Å²) in [7, 11) is 1.54. The van der Waals surface area contributed by atoms with E-state index in [4.69, 9.17) is 21.9 Å². The van der Waals surface area contributed by atoms with E-state index in [1.165, 1.54) is 27.2 Å². The highest BCUT2D eigenvalue weighted by Gasteiger charge is 2.22. The molecule has 2 aromatic carbocycles. The molecular weight excluding hydrogens is 535 g/mol. The summed E-state index contributed by atoms with van der Waals surface area (Å²) < 4.78 is 9.76. The fraction of sp³-hybridized carbons (Fsp3) is 0.125. The van der Waals surface area contributed by atoms with Crippen LogP contribution in [0.25, 0.3) is 21.7 Å². The van der Waals surface area contributed by atoms with E-state index in [9.17, 15) is 9.59 Å². The standard InChI is InChI=1S/C24H19N5O3S4/c1-14-7-3-4-8-15(14)28-20-19(36-24(28)33)21(31)29(16-9-5-6-10-17(16)32-2)23(27-20)35-13-18(30)26-22-25-11-12-34-22/h3-12H,13H2,1-2H3,(H,25,26,30). The lowest BCUT2D eigenvalue weighted by atomic mass is 10.2. The van der Waals surface area contributed by atoms with Crippen LogP contribution in [0.15, 0.2) is 70.1 Å². The maximum Gasteiger partial charge on any atom is 0.278 e. The molecule has 0 saturated heterocycles. The van der Waals surface area contributed by atoms with Crippen LogP contribution in [0.4, 0.5) is 5.13 Å². The largest absolute Gasteiger partial charge is 0.495 e. The highest BCUT2D eigenvalue weighted by Crippen LogP contribution is 2.31. The number of benzene rings is 2. The van der Waals surface area contributed by atoms with Gasteiger partial charge in [-0.3, -0.25) is 18.7 Å². The number of hydrogen-bond acceptors (Lipinski definition) is 9. The predicted octanol–water partition coefficient (Wildman–Crippen LogP) is 5.47. The lowest BCUT2D eigenvalue weighted by Crippen LogP contribution is -2.23. The highest BCUT2D eigenvalue weighted by atomic mass is 32.2. The maximum absolute atomic E-state index is 13.9. The van der Waals surface area contributed by atoms with Crippen LogP contribution in [0, 0.1) is 10.9 Å². The van der Waals surface area contributed by atoms with Crippen LogP contribution < -0.4 is 15.6 Å². The van der Waals surface area contributed by atoms with Gasteiger partial charge in [0.05, 0.1) is 24.2 Å². The number of carbonyl (C=O) groups is 1. The Bertz CT molecular complexity index is 1690. The van der Waals surface area contributed by atoms with Gasteiger partial charge in [-0.2, -0.15) is 0 Å². The molecule has 0 aliphatic rings. The third kappa shape index (κ3) is 4.60. The lowest BCUT2D eigenvalue weighted by Gasteiger charge is -2.15. The van der Waals surface area contributed by atoms with Crippen molar-refractivity contribution in [3.63, 3.8) is 0 Å². The number of hydrogen-bond donors (Lipinski definition) is 1. The van der Waals surface area contributed by atoms with Crippen molar-refractivity contribution in [3.8, 4) is 17.1 Å². The summed E-state index contributed by atoms with van der Waals surface area (Å²) in [5, 5.41) is 5.40. The Hall–Kier alpha value is -3.32. The Labute approximate surface area is 223 Å². The first-order chi connectivity index (χ1) is 17.5. The third-order valence-corrected chi connectivity index (χ3v) is 8.25. The zero-order chi connectivity index (χ0) is 25.2. The van der Waals surface area contributed by atoms with Crippen molar-refractivity contribution in [3.05, 3.63) is 80.0 Å². The third-order valence-electron chi connectivity index (χ3n) is 5.27. The molecule has 182 valence electrons. The van der Waals surface area contributed by atoms with Crippen molar-refractivity contribution in [1.29, 1.82) is 0 Å². The number of fused-ring (bicyclic) bond motifs is 1. The summed E-state index contributed by atoms with van der Waals surface area (Å²) in [6.45, 7) is 1.98. The quantitative estimate of drug-likeness (QED) is 0.162. The van der Waals surface area contributed by atoms with Gasteiger partial charge in [-0.05, 0) is 42.9 Å². The second-order valence-corrected chi connectivity index (χ2v) is 11.0. The molecule has 5 aromatic rings. The first-order valence-electron chi connectivity index (χ1n) is 10.7. The van der Waals surface area contributed by atoms with Crippen LogP contribution in [0.2, 0.25) is 0 Å². The van der Waals surface area contributed by atoms with E-state index in [1.807, 2.05) is 47.9 Å². The molecule has 3 heterocycles. The number of rotatable bonds is 7. The number of thioether (sulfide) groups is 1. The van der Waals surface area contributed by atoms with Gasteiger partial charge in [-0.15, -0.1) is 11.3 Å². The number of nitrogens with zero attached hydrogens (tertiary/aromatic N) is 4. The second-order valence-electron chi connectivity index (χ2n) is 7.52. The van der Waals surface area contributed by atoms with Gasteiger partial charge in [-0.25, -0.2) is 9.97 Å². The number of methoxy groups -OCH3 is 1. The molecule has 1 amide bonds. The van der Waals surface area contributed by atoms with Gasteiger partial charge in [-0.1, -0.05) is 53.4 Å². The lowest BCUT2D eigenvalue weighted by molar-refractivity contribution is -0.113. The molecule has 0 atom stereocenters. The summed E-state index contributed by atoms with van der Waals surface area (Å²) in [5.74, 6) is 0.288. The van der Waals surface area contributed by atoms with Crippen molar-refractivity contribution in [2.24, 2.45) is 0 Å². The zero-order valence-corrected chi connectivity index (χ0v) is 22.4.